The molecule has 4 aromatic heterocycles. The number of fused-ring (bicyclic) bond motifs is 1. The number of hydrogen-bond acceptors (Lipinski definition) is 9. The average molecular weight is 576 g/mol. The molecule has 1 saturated carbocycles. The van der Waals surface area contributed by atoms with Gasteiger partial charge in [0.25, 0.3) is 6.43 Å². The van der Waals surface area contributed by atoms with E-state index < -0.39 is 13.0 Å². The predicted octanol–water partition coefficient (Wildman–Crippen LogP) is 3.49. The number of carbonyl (C=O) groups is 1. The van der Waals surface area contributed by atoms with Gasteiger partial charge in [-0.05, 0) is 31.7 Å². The number of pyridine rings is 1. The fraction of sp³-hybridized carbons (Fsp3) is 0.464. The van der Waals surface area contributed by atoms with Crippen LogP contribution in [-0.2, 0) is 11.3 Å². The lowest BCUT2D eigenvalue weighted by molar-refractivity contribution is -0.129. The molecule has 0 spiro atoms. The largest absolute Gasteiger partial charge is 0.367 e. The van der Waals surface area contributed by atoms with Crippen LogP contribution in [0.1, 0.15) is 44.2 Å². The maximum absolute atomic E-state index is 12.8. The van der Waals surface area contributed by atoms with E-state index in [9.17, 15) is 18.8 Å². The van der Waals surface area contributed by atoms with Gasteiger partial charge in [-0.1, -0.05) is 0 Å². The van der Waals surface area contributed by atoms with Crippen molar-refractivity contribution in [2.24, 2.45) is 0 Å². The van der Waals surface area contributed by atoms with Crippen LogP contribution < -0.4 is 10.2 Å². The van der Waals surface area contributed by atoms with Crippen molar-refractivity contribution in [3.05, 3.63) is 42.7 Å². The highest BCUT2D eigenvalue weighted by molar-refractivity contribution is 5.76. The summed E-state index contributed by atoms with van der Waals surface area (Å²) in [5.41, 5.74) is 3.76. The van der Waals surface area contributed by atoms with Crippen molar-refractivity contribution in [3.8, 4) is 17.3 Å². The third-order valence-corrected chi connectivity index (χ3v) is 8.00. The highest BCUT2D eigenvalue weighted by Crippen LogP contribution is 2.33. The van der Waals surface area contributed by atoms with Crippen molar-refractivity contribution in [3.63, 3.8) is 0 Å². The molecule has 2 aliphatic rings. The zero-order chi connectivity index (χ0) is 29.2. The minimum atomic E-state index is -2.53. The van der Waals surface area contributed by atoms with E-state index >= 15 is 0 Å². The number of hydrogen-bond donors (Lipinski definition) is 1. The van der Waals surface area contributed by atoms with Crippen LogP contribution in [-0.4, -0.2) is 83.7 Å². The monoisotopic (exact) mass is 575 g/mol. The molecule has 1 aliphatic heterocycles. The first-order valence-electron chi connectivity index (χ1n) is 14.1. The van der Waals surface area contributed by atoms with E-state index in [1.165, 1.54) is 18.6 Å². The molecule has 218 valence electrons. The molecule has 1 N–H and O–H groups in total. The van der Waals surface area contributed by atoms with E-state index in [0.717, 1.165) is 60.3 Å². The summed E-state index contributed by atoms with van der Waals surface area (Å²) in [6.45, 7) is 4.00. The number of carbonyl (C=O) groups excluding carboxylic acids is 1. The summed E-state index contributed by atoms with van der Waals surface area (Å²) in [5, 5.41) is 17.0. The van der Waals surface area contributed by atoms with Gasteiger partial charge < -0.3 is 19.7 Å². The lowest BCUT2D eigenvalue weighted by Crippen LogP contribution is -2.48. The van der Waals surface area contributed by atoms with Gasteiger partial charge in [-0.15, -0.1) is 0 Å². The van der Waals surface area contributed by atoms with Gasteiger partial charge in [0.05, 0.1) is 41.9 Å². The molecule has 1 saturated heterocycles. The van der Waals surface area contributed by atoms with E-state index in [1.54, 1.807) is 6.92 Å². The third-order valence-electron chi connectivity index (χ3n) is 8.00. The number of rotatable bonds is 7. The number of anilines is 2. The van der Waals surface area contributed by atoms with Gasteiger partial charge >= 0.3 is 0 Å². The minimum Gasteiger partial charge on any atom is -0.367 e. The Labute approximate surface area is 241 Å². The van der Waals surface area contributed by atoms with E-state index in [2.05, 4.69) is 47.0 Å². The number of imidazole rings is 1. The summed E-state index contributed by atoms with van der Waals surface area (Å²) in [6.07, 6.45) is 9.27. The number of halogens is 2. The molecule has 6 rings (SSSR count). The first kappa shape index (κ1) is 27.5. The fourth-order valence-corrected chi connectivity index (χ4v) is 5.84. The van der Waals surface area contributed by atoms with Crippen molar-refractivity contribution >= 4 is 28.7 Å². The Morgan fingerprint density at radius 3 is 2.74 bits per heavy atom. The number of alkyl halides is 2. The van der Waals surface area contributed by atoms with E-state index in [0.29, 0.717) is 30.3 Å². The van der Waals surface area contributed by atoms with Crippen LogP contribution in [0.3, 0.4) is 0 Å². The number of nitrogens with one attached hydrogen (secondary N) is 1. The summed E-state index contributed by atoms with van der Waals surface area (Å²) in [7, 11) is 0. The Bertz CT molecular complexity index is 1620. The predicted molar refractivity (Wildman–Crippen MR) is 151 cm³/mol. The second-order valence-electron chi connectivity index (χ2n) is 10.8. The maximum atomic E-state index is 12.8. The van der Waals surface area contributed by atoms with Crippen LogP contribution in [0.15, 0.2) is 37.2 Å². The van der Waals surface area contributed by atoms with E-state index in [-0.39, 0.29) is 23.6 Å². The van der Waals surface area contributed by atoms with Crippen LogP contribution in [0.25, 0.3) is 22.4 Å². The van der Waals surface area contributed by atoms with Gasteiger partial charge in [0.2, 0.25) is 11.9 Å². The summed E-state index contributed by atoms with van der Waals surface area (Å²) < 4.78 is 28.8. The van der Waals surface area contributed by atoms with Crippen molar-refractivity contribution in [1.82, 2.24) is 39.2 Å². The number of aromatic nitrogens is 7. The molecule has 0 unspecified atom stereocenters. The van der Waals surface area contributed by atoms with Gasteiger partial charge in [0, 0.05) is 56.9 Å². The topological polar surface area (TPSA) is 134 Å². The van der Waals surface area contributed by atoms with Crippen molar-refractivity contribution in [2.75, 3.05) is 36.4 Å². The minimum absolute atomic E-state index is 0.0837. The van der Waals surface area contributed by atoms with E-state index in [1.807, 2.05) is 17.4 Å². The van der Waals surface area contributed by atoms with Crippen molar-refractivity contribution in [1.29, 1.82) is 5.26 Å². The highest BCUT2D eigenvalue weighted by Gasteiger charge is 2.26. The Hall–Kier alpha value is -4.67. The molecule has 12 nitrogen and oxygen atoms in total. The van der Waals surface area contributed by atoms with Gasteiger partial charge in [-0.2, -0.15) is 10.4 Å². The Morgan fingerprint density at radius 1 is 1.14 bits per heavy atom. The van der Waals surface area contributed by atoms with Crippen molar-refractivity contribution in [2.45, 2.75) is 57.7 Å². The van der Waals surface area contributed by atoms with Crippen LogP contribution in [0, 0.1) is 11.3 Å². The molecule has 14 heteroatoms. The second-order valence-corrected chi connectivity index (χ2v) is 10.8. The molecule has 5 heterocycles. The molecule has 1 aliphatic carbocycles. The standard InChI is InChI=1S/C28H31F2N11O/c1-18(42)38-5-7-39(8-6-38)23-10-24-27(32-14-23)41(17-34-24)22-4-2-3-21(9-22)36-28-33-12-19(11-31)26(37-28)20-13-35-40(15-20)16-25(29)30/h10,12-15,17,21-22,25H,2-9,16H2,1H3,(H,33,36,37)/t21-,22+/m1/s1. The van der Waals surface area contributed by atoms with Gasteiger partial charge in [-0.25, -0.2) is 28.7 Å². The Morgan fingerprint density at radius 2 is 1.98 bits per heavy atom. The molecule has 0 radical (unpaired) electrons. The third kappa shape index (κ3) is 5.72. The molecule has 0 aromatic carbocycles. The SMILES string of the molecule is CC(=O)N1CCN(c2cnc3c(c2)ncn3[C@H]2CCC[C@@H](Nc3ncc(C#N)c(-c4cnn(CC(F)F)c4)n3)C2)CC1. The van der Waals surface area contributed by atoms with Crippen LogP contribution in [0.5, 0.6) is 0 Å². The fourth-order valence-electron chi connectivity index (χ4n) is 5.84. The van der Waals surface area contributed by atoms with Crippen LogP contribution in [0.2, 0.25) is 0 Å². The molecular weight excluding hydrogens is 544 g/mol. The number of amides is 1. The van der Waals surface area contributed by atoms with Crippen LogP contribution >= 0.6 is 0 Å². The number of piperazine rings is 1. The number of nitrogens with zero attached hydrogens (tertiary/aromatic N) is 10. The molecule has 4 aromatic rings. The van der Waals surface area contributed by atoms with E-state index in [4.69, 9.17) is 4.98 Å². The lowest BCUT2D eigenvalue weighted by Gasteiger charge is -2.35. The first-order valence-corrected chi connectivity index (χ1v) is 14.1. The zero-order valence-corrected chi connectivity index (χ0v) is 23.2. The summed E-state index contributed by atoms with van der Waals surface area (Å²) in [5.74, 6) is 0.479. The molecule has 42 heavy (non-hydrogen) atoms. The molecule has 2 atom stereocenters. The zero-order valence-electron chi connectivity index (χ0n) is 23.2. The molecule has 2 fully saturated rings. The number of nitriles is 1. The molecule has 0 bridgehead atoms. The lowest BCUT2D eigenvalue weighted by atomic mass is 9.91. The smallest absolute Gasteiger partial charge is 0.257 e. The summed E-state index contributed by atoms with van der Waals surface area (Å²) in [4.78, 5) is 34.1. The van der Waals surface area contributed by atoms with Crippen LogP contribution in [0.4, 0.5) is 20.4 Å². The summed E-state index contributed by atoms with van der Waals surface area (Å²) in [6, 6.07) is 4.41. The Balaban J connectivity index is 1.15. The highest BCUT2D eigenvalue weighted by atomic mass is 19.3. The summed E-state index contributed by atoms with van der Waals surface area (Å²) >= 11 is 0. The molecule has 1 amide bonds. The normalized spacial score (nSPS) is 19.3. The second kappa shape index (κ2) is 11.7. The quantitative estimate of drug-likeness (QED) is 0.352. The van der Waals surface area contributed by atoms with Gasteiger partial charge in [-0.3, -0.25) is 9.48 Å². The molecular formula is C28H31F2N11O. The first-order chi connectivity index (χ1) is 20.4. The Kier molecular flexibility index (Phi) is 7.64. The van der Waals surface area contributed by atoms with Gasteiger partial charge in [0.1, 0.15) is 18.1 Å². The average Bonchev–Trinajstić information content (AvgIpc) is 3.64. The van der Waals surface area contributed by atoms with Crippen molar-refractivity contribution < 1.29 is 13.6 Å². The maximum Gasteiger partial charge on any atom is 0.257 e. The van der Waals surface area contributed by atoms with Gasteiger partial charge in [0.15, 0.2) is 5.65 Å².